The lowest BCUT2D eigenvalue weighted by atomic mass is 9.73. The minimum atomic E-state index is 0.0269. The first-order valence-corrected chi connectivity index (χ1v) is 5.21. The summed E-state index contributed by atoms with van der Waals surface area (Å²) in [7, 11) is 0. The van der Waals surface area contributed by atoms with Crippen LogP contribution in [0.4, 0.5) is 0 Å². The molecule has 5 unspecified atom stereocenters. The van der Waals surface area contributed by atoms with E-state index in [1.807, 2.05) is 0 Å². The van der Waals surface area contributed by atoms with E-state index in [1.165, 1.54) is 19.3 Å². The number of rotatable bonds is 0. The second kappa shape index (κ2) is 2.35. The summed E-state index contributed by atoms with van der Waals surface area (Å²) in [6, 6.07) is 0. The average Bonchev–Trinajstić information content (AvgIpc) is 2.62. The zero-order valence-corrected chi connectivity index (χ0v) is 7.32. The molecule has 0 spiro atoms. The van der Waals surface area contributed by atoms with Crippen LogP contribution in [0.15, 0.2) is 12.2 Å². The molecule has 0 aromatic carbocycles. The second-order valence-electron chi connectivity index (χ2n) is 4.71. The number of hydrogen-bond donors (Lipinski definition) is 1. The molecule has 3 rings (SSSR count). The fraction of sp³-hybridized carbons (Fsp3) is 0.818. The van der Waals surface area contributed by atoms with Gasteiger partial charge in [0.2, 0.25) is 0 Å². The van der Waals surface area contributed by atoms with Gasteiger partial charge in [-0.3, -0.25) is 0 Å². The Hall–Kier alpha value is -0.300. The molecular formula is C11H16O. The van der Waals surface area contributed by atoms with E-state index in [1.54, 1.807) is 0 Å². The molecule has 3 aliphatic carbocycles. The van der Waals surface area contributed by atoms with Gasteiger partial charge in [-0.05, 0) is 49.4 Å². The van der Waals surface area contributed by atoms with Crippen molar-refractivity contribution in [1.82, 2.24) is 0 Å². The quantitative estimate of drug-likeness (QED) is 0.543. The van der Waals surface area contributed by atoms with Gasteiger partial charge in [-0.15, -0.1) is 0 Å². The molecular weight excluding hydrogens is 148 g/mol. The normalized spacial score (nSPS) is 55.9. The van der Waals surface area contributed by atoms with E-state index in [2.05, 4.69) is 12.2 Å². The summed E-state index contributed by atoms with van der Waals surface area (Å²) in [6.45, 7) is 0. The van der Waals surface area contributed by atoms with Crippen molar-refractivity contribution < 1.29 is 5.11 Å². The van der Waals surface area contributed by atoms with E-state index in [0.29, 0.717) is 5.92 Å². The van der Waals surface area contributed by atoms with Gasteiger partial charge >= 0.3 is 0 Å². The molecule has 0 radical (unpaired) electrons. The van der Waals surface area contributed by atoms with E-state index in [9.17, 15) is 5.11 Å². The van der Waals surface area contributed by atoms with Gasteiger partial charge in [-0.25, -0.2) is 0 Å². The minimum absolute atomic E-state index is 0.0269. The fourth-order valence-electron chi connectivity index (χ4n) is 3.74. The highest BCUT2D eigenvalue weighted by Gasteiger charge is 2.51. The van der Waals surface area contributed by atoms with Gasteiger partial charge in [0.15, 0.2) is 0 Å². The standard InChI is InChI=1S/C11H16O/c12-11-6-7-5-10(11)9-4-2-1-3-8(7)9/h2,4,7-12H,1,3,5-6H2. The van der Waals surface area contributed by atoms with Gasteiger partial charge < -0.3 is 5.11 Å². The number of allylic oxidation sites excluding steroid dienone is 2. The van der Waals surface area contributed by atoms with Crippen LogP contribution in [0.1, 0.15) is 25.7 Å². The molecule has 5 atom stereocenters. The molecule has 12 heavy (non-hydrogen) atoms. The lowest BCUT2D eigenvalue weighted by Gasteiger charge is -2.34. The molecule has 0 saturated heterocycles. The highest BCUT2D eigenvalue weighted by molar-refractivity contribution is 5.10. The average molecular weight is 164 g/mol. The molecule has 0 aromatic rings. The third-order valence-corrected chi connectivity index (χ3v) is 4.23. The summed E-state index contributed by atoms with van der Waals surface area (Å²) < 4.78 is 0. The maximum atomic E-state index is 9.72. The smallest absolute Gasteiger partial charge is 0.0577 e. The molecule has 0 amide bonds. The van der Waals surface area contributed by atoms with Gasteiger partial charge in [0.25, 0.3) is 0 Å². The number of hydrogen-bond acceptors (Lipinski definition) is 1. The number of aliphatic hydroxyl groups is 1. The van der Waals surface area contributed by atoms with Gasteiger partial charge in [0.05, 0.1) is 6.10 Å². The van der Waals surface area contributed by atoms with Crippen molar-refractivity contribution in [3.8, 4) is 0 Å². The van der Waals surface area contributed by atoms with Crippen LogP contribution in [0.3, 0.4) is 0 Å². The monoisotopic (exact) mass is 164 g/mol. The second-order valence-corrected chi connectivity index (χ2v) is 4.71. The van der Waals surface area contributed by atoms with Crippen LogP contribution in [0.5, 0.6) is 0 Å². The molecule has 1 N–H and O–H groups in total. The van der Waals surface area contributed by atoms with Crippen LogP contribution in [0, 0.1) is 23.7 Å². The van der Waals surface area contributed by atoms with Gasteiger partial charge in [-0.1, -0.05) is 12.2 Å². The summed E-state index contributed by atoms with van der Waals surface area (Å²) in [6.07, 6.45) is 9.78. The molecule has 2 bridgehead atoms. The van der Waals surface area contributed by atoms with Crippen LogP contribution in [0.2, 0.25) is 0 Å². The zero-order chi connectivity index (χ0) is 8.13. The topological polar surface area (TPSA) is 20.2 Å². The number of aliphatic hydroxyl groups excluding tert-OH is 1. The SMILES string of the molecule is OC1CC2CC1C1C=CCCC21. The van der Waals surface area contributed by atoms with E-state index < -0.39 is 0 Å². The summed E-state index contributed by atoms with van der Waals surface area (Å²) >= 11 is 0. The Morgan fingerprint density at radius 2 is 2.08 bits per heavy atom. The Balaban J connectivity index is 1.92. The molecule has 0 heterocycles. The summed E-state index contributed by atoms with van der Waals surface area (Å²) in [5.74, 6) is 3.16. The molecule has 3 aliphatic rings. The highest BCUT2D eigenvalue weighted by atomic mass is 16.3. The number of fused-ring (bicyclic) bond motifs is 5. The van der Waals surface area contributed by atoms with Crippen molar-refractivity contribution in [2.24, 2.45) is 23.7 Å². The molecule has 0 aromatic heterocycles. The fourth-order valence-corrected chi connectivity index (χ4v) is 3.74. The Morgan fingerprint density at radius 3 is 3.00 bits per heavy atom. The third-order valence-electron chi connectivity index (χ3n) is 4.23. The minimum Gasteiger partial charge on any atom is -0.393 e. The van der Waals surface area contributed by atoms with Crippen molar-refractivity contribution >= 4 is 0 Å². The predicted molar refractivity (Wildman–Crippen MR) is 47.6 cm³/mol. The van der Waals surface area contributed by atoms with Crippen LogP contribution in [0.25, 0.3) is 0 Å². The Kier molecular flexibility index (Phi) is 1.40. The van der Waals surface area contributed by atoms with Crippen LogP contribution >= 0.6 is 0 Å². The first kappa shape index (κ1) is 7.14. The zero-order valence-electron chi connectivity index (χ0n) is 7.32. The maximum absolute atomic E-state index is 9.72. The van der Waals surface area contributed by atoms with Gasteiger partial charge in [0.1, 0.15) is 0 Å². The van der Waals surface area contributed by atoms with Gasteiger partial charge in [0, 0.05) is 0 Å². The van der Waals surface area contributed by atoms with Crippen LogP contribution in [-0.4, -0.2) is 11.2 Å². The van der Waals surface area contributed by atoms with Crippen molar-refractivity contribution in [2.45, 2.75) is 31.8 Å². The largest absolute Gasteiger partial charge is 0.393 e. The molecule has 1 nitrogen and oxygen atoms in total. The first-order valence-electron chi connectivity index (χ1n) is 5.21. The molecule has 0 aliphatic heterocycles. The summed E-state index contributed by atoms with van der Waals surface area (Å²) in [5.41, 5.74) is 0. The van der Waals surface area contributed by atoms with E-state index >= 15 is 0 Å². The van der Waals surface area contributed by atoms with E-state index in [-0.39, 0.29) is 6.10 Å². The highest BCUT2D eigenvalue weighted by Crippen LogP contribution is 2.55. The molecule has 2 fully saturated rings. The molecule has 66 valence electrons. The van der Waals surface area contributed by atoms with Crippen LogP contribution < -0.4 is 0 Å². The molecule has 1 heteroatoms. The Morgan fingerprint density at radius 1 is 1.17 bits per heavy atom. The Labute approximate surface area is 73.5 Å². The van der Waals surface area contributed by atoms with Crippen molar-refractivity contribution in [2.75, 3.05) is 0 Å². The van der Waals surface area contributed by atoms with Crippen molar-refractivity contribution in [3.05, 3.63) is 12.2 Å². The maximum Gasteiger partial charge on any atom is 0.0577 e. The van der Waals surface area contributed by atoms with Crippen molar-refractivity contribution in [3.63, 3.8) is 0 Å². The summed E-state index contributed by atoms with van der Waals surface area (Å²) in [4.78, 5) is 0. The predicted octanol–water partition coefficient (Wildman–Crippen LogP) is 1.97. The lowest BCUT2D eigenvalue weighted by molar-refractivity contribution is 0.0650. The van der Waals surface area contributed by atoms with Crippen LogP contribution in [-0.2, 0) is 0 Å². The molecule has 2 saturated carbocycles. The van der Waals surface area contributed by atoms with Crippen molar-refractivity contribution in [1.29, 1.82) is 0 Å². The third kappa shape index (κ3) is 0.779. The Bertz CT molecular complexity index is 221. The van der Waals surface area contributed by atoms with Gasteiger partial charge in [-0.2, -0.15) is 0 Å². The van der Waals surface area contributed by atoms with E-state index in [0.717, 1.165) is 24.2 Å². The first-order chi connectivity index (χ1) is 5.86. The van der Waals surface area contributed by atoms with E-state index in [4.69, 9.17) is 0 Å². The lowest BCUT2D eigenvalue weighted by Crippen LogP contribution is -2.31. The summed E-state index contributed by atoms with van der Waals surface area (Å²) in [5, 5.41) is 9.72.